The van der Waals surface area contributed by atoms with Gasteiger partial charge in [-0.05, 0) is 33.6 Å². The number of hydrogen-bond acceptors (Lipinski definition) is 8. The van der Waals surface area contributed by atoms with E-state index in [0.717, 1.165) is 0 Å². The highest BCUT2D eigenvalue weighted by Crippen LogP contribution is 2.63. The molecule has 0 amide bonds. The maximum Gasteiger partial charge on any atom is 0.423 e. The molecule has 2 heterocycles. The summed E-state index contributed by atoms with van der Waals surface area (Å²) in [6.07, 6.45) is -19.0. The highest BCUT2D eigenvalue weighted by molar-refractivity contribution is 5.82. The molecule has 3 rings (SSSR count). The number of hydrogen-bond donors (Lipinski definition) is 2. The predicted octanol–water partition coefficient (Wildman–Crippen LogP) is 6.39. The van der Waals surface area contributed by atoms with Crippen LogP contribution in [0.3, 0.4) is 0 Å². The maximum absolute atomic E-state index is 15.1. The van der Waals surface area contributed by atoms with Gasteiger partial charge in [-0.1, -0.05) is 32.4 Å². The number of rotatable bonds is 5. The van der Waals surface area contributed by atoms with Gasteiger partial charge in [0.1, 0.15) is 0 Å². The molecule has 0 bridgehead atoms. The first-order valence-corrected chi connectivity index (χ1v) is 13.9. The lowest BCUT2D eigenvalue weighted by molar-refractivity contribution is -0.503. The molecule has 1 saturated carbocycles. The minimum atomic E-state index is -5.85. The summed E-state index contributed by atoms with van der Waals surface area (Å²) < 4.78 is 211. The molecular weight excluding hydrogens is 718 g/mol. The molecule has 49 heavy (non-hydrogen) atoms. The van der Waals surface area contributed by atoms with E-state index in [1.54, 1.807) is 0 Å². The van der Waals surface area contributed by atoms with Crippen molar-refractivity contribution in [1.29, 1.82) is 0 Å². The summed E-state index contributed by atoms with van der Waals surface area (Å²) in [7, 11) is 0. The molecule has 6 unspecified atom stereocenters. The third-order valence-corrected chi connectivity index (χ3v) is 8.39. The van der Waals surface area contributed by atoms with Gasteiger partial charge in [-0.3, -0.25) is 0 Å². The van der Waals surface area contributed by atoms with Gasteiger partial charge in [0.15, 0.2) is 0 Å². The van der Waals surface area contributed by atoms with Crippen molar-refractivity contribution in [2.24, 2.45) is 5.92 Å². The number of aliphatic hydroxyl groups is 2. The first-order valence-electron chi connectivity index (χ1n) is 13.9. The van der Waals surface area contributed by atoms with Gasteiger partial charge in [0, 0.05) is 18.1 Å². The SMILES string of the molecule is C=CC(=O)OC1C(F)(F)C(C)(O)OC(C)(C(F)(F)F)C1(F)F.C=CC(=O)OC1C(F)(F)C(C)(O)OC(C2CCCCC2)(C(F)(F)F)C1(F)F. The minimum Gasteiger partial charge on any atom is -0.446 e. The summed E-state index contributed by atoms with van der Waals surface area (Å²) in [6, 6.07) is 0. The van der Waals surface area contributed by atoms with Crippen molar-refractivity contribution >= 4 is 11.9 Å². The van der Waals surface area contributed by atoms with E-state index in [1.807, 2.05) is 0 Å². The van der Waals surface area contributed by atoms with Crippen molar-refractivity contribution < 1.29 is 100 Å². The second-order valence-electron chi connectivity index (χ2n) is 11.8. The lowest BCUT2D eigenvalue weighted by Crippen LogP contribution is -2.81. The number of ether oxygens (including phenoxy) is 4. The van der Waals surface area contributed by atoms with E-state index in [-0.39, 0.29) is 58.6 Å². The molecule has 2 saturated heterocycles. The summed E-state index contributed by atoms with van der Waals surface area (Å²) in [5.41, 5.74) is -8.96. The van der Waals surface area contributed by atoms with Crippen LogP contribution in [-0.2, 0) is 28.5 Å². The zero-order valence-electron chi connectivity index (χ0n) is 25.5. The van der Waals surface area contributed by atoms with Gasteiger partial charge in [-0.2, -0.15) is 61.5 Å². The molecule has 0 aromatic carbocycles. The molecule has 3 fully saturated rings. The van der Waals surface area contributed by atoms with Crippen LogP contribution >= 0.6 is 0 Å². The predicted molar refractivity (Wildman–Crippen MR) is 133 cm³/mol. The third-order valence-electron chi connectivity index (χ3n) is 8.39. The van der Waals surface area contributed by atoms with E-state index in [0.29, 0.717) is 6.42 Å². The van der Waals surface area contributed by atoms with Gasteiger partial charge in [0.05, 0.1) is 0 Å². The lowest BCUT2D eigenvalue weighted by Gasteiger charge is -2.57. The highest BCUT2D eigenvalue weighted by atomic mass is 19.4. The van der Waals surface area contributed by atoms with Crippen molar-refractivity contribution in [3.05, 3.63) is 25.3 Å². The molecule has 2 aliphatic heterocycles. The molecule has 284 valence electrons. The van der Waals surface area contributed by atoms with Crippen molar-refractivity contribution in [2.45, 2.75) is 124 Å². The quantitative estimate of drug-likeness (QED) is 0.189. The molecule has 1 aliphatic carbocycles. The molecular formula is C27H30F14O8. The Balaban J connectivity index is 0.000000348. The zero-order valence-corrected chi connectivity index (χ0v) is 25.5. The number of halogens is 14. The topological polar surface area (TPSA) is 112 Å². The average molecular weight is 749 g/mol. The second kappa shape index (κ2) is 12.8. The van der Waals surface area contributed by atoms with Crippen LogP contribution in [0.25, 0.3) is 0 Å². The molecule has 0 aromatic rings. The molecule has 2 N–H and O–H groups in total. The van der Waals surface area contributed by atoms with Gasteiger partial charge < -0.3 is 29.2 Å². The average Bonchev–Trinajstić information content (AvgIpc) is 2.94. The van der Waals surface area contributed by atoms with Crippen molar-refractivity contribution in [3.8, 4) is 0 Å². The van der Waals surface area contributed by atoms with Crippen LogP contribution in [0.15, 0.2) is 25.3 Å². The summed E-state index contributed by atoms with van der Waals surface area (Å²) in [5, 5.41) is 19.3. The Morgan fingerprint density at radius 1 is 0.653 bits per heavy atom. The number of alkyl halides is 14. The summed E-state index contributed by atoms with van der Waals surface area (Å²) in [5.74, 6) is -34.3. The van der Waals surface area contributed by atoms with E-state index in [2.05, 4.69) is 32.1 Å². The standard InChI is InChI=1S/C16H19F7O4.C11H11F7O4/c1-3-10(24)26-11-14(17,18)12(2,25)27-13(15(11,19)20,16(21,22)23)9-7-5-4-6-8-9;1-4-5(19)21-6-9(12,13)7(2,11(16,17)18)22-8(3,20)10(6,14)15/h3,9,11,25H,1,4-8H2,2H3;4,6,20H,1H2,2-3H3. The Labute approximate surface area is 268 Å². The van der Waals surface area contributed by atoms with Gasteiger partial charge in [0.2, 0.25) is 35.0 Å². The molecule has 0 radical (unpaired) electrons. The highest BCUT2D eigenvalue weighted by Gasteiger charge is 2.88. The first-order chi connectivity index (χ1) is 21.7. The fourth-order valence-corrected chi connectivity index (χ4v) is 5.58. The van der Waals surface area contributed by atoms with Crippen molar-refractivity contribution in [3.63, 3.8) is 0 Å². The number of esters is 2. The van der Waals surface area contributed by atoms with Gasteiger partial charge >= 0.3 is 48.0 Å². The van der Waals surface area contributed by atoms with Crippen LogP contribution in [0.5, 0.6) is 0 Å². The number of carbonyl (C=O) groups is 2. The lowest BCUT2D eigenvalue weighted by atomic mass is 9.68. The summed E-state index contributed by atoms with van der Waals surface area (Å²) in [4.78, 5) is 22.2. The Morgan fingerprint density at radius 3 is 1.37 bits per heavy atom. The van der Waals surface area contributed by atoms with E-state index >= 15 is 8.78 Å². The van der Waals surface area contributed by atoms with E-state index < -0.39 is 88.9 Å². The van der Waals surface area contributed by atoms with Crippen LogP contribution in [-0.4, -0.2) is 93.2 Å². The van der Waals surface area contributed by atoms with Crippen molar-refractivity contribution in [2.75, 3.05) is 0 Å². The first kappa shape index (κ1) is 42.4. The molecule has 6 atom stereocenters. The van der Waals surface area contributed by atoms with E-state index in [1.165, 1.54) is 0 Å². The molecule has 0 spiro atoms. The molecule has 8 nitrogen and oxygen atoms in total. The van der Waals surface area contributed by atoms with Gasteiger partial charge in [-0.25, -0.2) is 9.59 Å². The molecule has 0 aromatic heterocycles. The molecule has 3 aliphatic rings. The zero-order chi connectivity index (χ0) is 38.7. The van der Waals surface area contributed by atoms with Crippen LogP contribution in [0.1, 0.15) is 52.9 Å². The van der Waals surface area contributed by atoms with Crippen LogP contribution in [0.4, 0.5) is 61.5 Å². The van der Waals surface area contributed by atoms with Crippen molar-refractivity contribution in [1.82, 2.24) is 0 Å². The monoisotopic (exact) mass is 748 g/mol. The van der Waals surface area contributed by atoms with Gasteiger partial charge in [0.25, 0.3) is 0 Å². The van der Waals surface area contributed by atoms with E-state index in [4.69, 9.17) is 0 Å². The smallest absolute Gasteiger partial charge is 0.423 e. The van der Waals surface area contributed by atoms with Crippen LogP contribution in [0.2, 0.25) is 0 Å². The van der Waals surface area contributed by atoms with Crippen LogP contribution in [0, 0.1) is 5.92 Å². The minimum absolute atomic E-state index is 0.0565. The Kier molecular flexibility index (Phi) is 11.1. The second-order valence-corrected chi connectivity index (χ2v) is 11.8. The Morgan fingerprint density at radius 2 is 1.02 bits per heavy atom. The van der Waals surface area contributed by atoms with Gasteiger partial charge in [-0.15, -0.1) is 0 Å². The largest absolute Gasteiger partial charge is 0.446 e. The fraction of sp³-hybridized carbons (Fsp3) is 0.778. The van der Waals surface area contributed by atoms with Crippen LogP contribution < -0.4 is 0 Å². The maximum atomic E-state index is 15.1. The normalized spacial score (nSPS) is 37.1. The Bertz CT molecular complexity index is 1270. The Hall–Kier alpha value is -2.72. The number of carbonyl (C=O) groups excluding carboxylic acids is 2. The van der Waals surface area contributed by atoms with E-state index in [9.17, 15) is 72.5 Å². The third kappa shape index (κ3) is 6.61. The summed E-state index contributed by atoms with van der Waals surface area (Å²) in [6.45, 7) is 5.58. The summed E-state index contributed by atoms with van der Waals surface area (Å²) >= 11 is 0. The molecule has 22 heteroatoms. The fourth-order valence-electron chi connectivity index (χ4n) is 5.58.